The molecule has 2 heterocycles. The van der Waals surface area contributed by atoms with Crippen LogP contribution in [-0.4, -0.2) is 55.8 Å². The number of rotatable bonds is 6. The Balaban J connectivity index is 1.65. The molecule has 1 aliphatic heterocycles. The number of pyridine rings is 1. The number of aromatic nitrogens is 1. The quantitative estimate of drug-likeness (QED) is 0.328. The summed E-state index contributed by atoms with van der Waals surface area (Å²) in [4.78, 5) is 32.0. The minimum Gasteiger partial charge on any atom is -0.494 e. The van der Waals surface area contributed by atoms with Crippen molar-refractivity contribution in [1.29, 1.82) is 0 Å². The first-order valence-corrected chi connectivity index (χ1v) is 10.4. The van der Waals surface area contributed by atoms with Gasteiger partial charge in [0.25, 0.3) is 5.69 Å². The van der Waals surface area contributed by atoms with Crippen LogP contribution in [0.25, 0.3) is 10.9 Å². The van der Waals surface area contributed by atoms with Gasteiger partial charge in [0.1, 0.15) is 16.8 Å². The van der Waals surface area contributed by atoms with Gasteiger partial charge < -0.3 is 19.3 Å². The second-order valence-corrected chi connectivity index (χ2v) is 7.34. The van der Waals surface area contributed by atoms with E-state index in [2.05, 4.69) is 14.8 Å². The fourth-order valence-corrected chi connectivity index (χ4v) is 4.02. The number of carbonyl (C=O) groups excluding carboxylic acids is 1. The molecule has 9 heteroatoms. The molecule has 0 bridgehead atoms. The second-order valence-electron chi connectivity index (χ2n) is 7.34. The van der Waals surface area contributed by atoms with E-state index in [0.717, 1.165) is 16.8 Å². The number of carbonyl (C=O) groups is 1. The Bertz CT molecular complexity index is 1140. The Kier molecular flexibility index (Phi) is 6.07. The van der Waals surface area contributed by atoms with Gasteiger partial charge in [0, 0.05) is 55.6 Å². The number of methoxy groups -OCH3 is 1. The van der Waals surface area contributed by atoms with Crippen LogP contribution >= 0.6 is 0 Å². The van der Waals surface area contributed by atoms with E-state index >= 15 is 0 Å². The van der Waals surface area contributed by atoms with E-state index in [1.807, 2.05) is 18.2 Å². The molecular formula is C23H24N4O5. The summed E-state index contributed by atoms with van der Waals surface area (Å²) in [7, 11) is 1.60. The highest BCUT2D eigenvalue weighted by Crippen LogP contribution is 2.35. The van der Waals surface area contributed by atoms with Crippen molar-refractivity contribution >= 4 is 33.9 Å². The highest BCUT2D eigenvalue weighted by molar-refractivity contribution is 6.06. The lowest BCUT2D eigenvalue weighted by Gasteiger charge is -2.38. The van der Waals surface area contributed by atoms with E-state index in [4.69, 9.17) is 9.47 Å². The fourth-order valence-electron chi connectivity index (χ4n) is 4.02. The number of para-hydroxylation sites is 1. The standard InChI is InChI=1S/C23H24N4O5/c1-3-32-23(28)19-15-24-21-18(5-4-6-20(21)31-2)22(19)26-13-11-25(12-14-26)16-7-9-17(10-8-16)27(29)30/h4-10,15H,3,11-14H2,1-2H3. The number of fused-ring (bicyclic) bond motifs is 1. The molecule has 1 aliphatic rings. The summed E-state index contributed by atoms with van der Waals surface area (Å²) in [6, 6.07) is 12.2. The molecule has 166 valence electrons. The van der Waals surface area contributed by atoms with Crippen LogP contribution in [0.4, 0.5) is 17.1 Å². The minimum absolute atomic E-state index is 0.0728. The van der Waals surface area contributed by atoms with Gasteiger partial charge in [0.15, 0.2) is 0 Å². The first kappa shape index (κ1) is 21.4. The van der Waals surface area contributed by atoms with E-state index < -0.39 is 10.9 Å². The molecule has 32 heavy (non-hydrogen) atoms. The number of anilines is 2. The smallest absolute Gasteiger partial charge is 0.341 e. The monoisotopic (exact) mass is 436 g/mol. The molecule has 1 fully saturated rings. The zero-order valence-electron chi connectivity index (χ0n) is 18.0. The molecule has 0 N–H and O–H groups in total. The number of nitrogens with zero attached hydrogens (tertiary/aromatic N) is 4. The van der Waals surface area contributed by atoms with Gasteiger partial charge in [-0.3, -0.25) is 15.1 Å². The maximum atomic E-state index is 12.7. The van der Waals surface area contributed by atoms with Crippen LogP contribution in [0, 0.1) is 10.1 Å². The van der Waals surface area contributed by atoms with Crippen LogP contribution in [0.2, 0.25) is 0 Å². The number of hydrogen-bond acceptors (Lipinski definition) is 8. The van der Waals surface area contributed by atoms with Gasteiger partial charge in [-0.2, -0.15) is 0 Å². The van der Waals surface area contributed by atoms with Crippen molar-refractivity contribution in [1.82, 2.24) is 4.98 Å². The summed E-state index contributed by atoms with van der Waals surface area (Å²) in [5, 5.41) is 11.7. The third kappa shape index (κ3) is 4.01. The van der Waals surface area contributed by atoms with Crippen molar-refractivity contribution in [2.75, 3.05) is 49.7 Å². The lowest BCUT2D eigenvalue weighted by molar-refractivity contribution is -0.384. The molecule has 0 amide bonds. The van der Waals surface area contributed by atoms with E-state index in [0.29, 0.717) is 43.0 Å². The van der Waals surface area contributed by atoms with Crippen LogP contribution in [0.5, 0.6) is 5.75 Å². The van der Waals surface area contributed by atoms with Gasteiger partial charge in [0.05, 0.1) is 24.3 Å². The molecule has 4 rings (SSSR count). The number of benzene rings is 2. The highest BCUT2D eigenvalue weighted by Gasteiger charge is 2.26. The normalized spacial score (nSPS) is 13.8. The summed E-state index contributed by atoms with van der Waals surface area (Å²) in [6.45, 7) is 4.79. The zero-order valence-corrected chi connectivity index (χ0v) is 18.0. The topological polar surface area (TPSA) is 98.0 Å². The van der Waals surface area contributed by atoms with E-state index in [9.17, 15) is 14.9 Å². The number of piperazine rings is 1. The summed E-state index contributed by atoms with van der Waals surface area (Å²) in [6.07, 6.45) is 1.56. The van der Waals surface area contributed by atoms with Crippen molar-refractivity contribution < 1.29 is 19.2 Å². The molecular weight excluding hydrogens is 412 g/mol. The van der Waals surface area contributed by atoms with Crippen molar-refractivity contribution in [3.63, 3.8) is 0 Å². The molecule has 0 atom stereocenters. The van der Waals surface area contributed by atoms with Crippen LogP contribution in [0.1, 0.15) is 17.3 Å². The van der Waals surface area contributed by atoms with E-state index in [1.165, 1.54) is 12.1 Å². The third-order valence-electron chi connectivity index (χ3n) is 5.57. The van der Waals surface area contributed by atoms with Gasteiger partial charge in [-0.15, -0.1) is 0 Å². The van der Waals surface area contributed by atoms with Gasteiger partial charge in [0.2, 0.25) is 0 Å². The van der Waals surface area contributed by atoms with Crippen molar-refractivity contribution in [3.8, 4) is 5.75 Å². The summed E-state index contributed by atoms with van der Waals surface area (Å²) in [5.74, 6) is 0.237. The Morgan fingerprint density at radius 3 is 2.41 bits per heavy atom. The number of esters is 1. The second kappa shape index (κ2) is 9.09. The summed E-state index contributed by atoms with van der Waals surface area (Å²) in [5.41, 5.74) is 2.91. The van der Waals surface area contributed by atoms with Crippen molar-refractivity contribution in [2.24, 2.45) is 0 Å². The van der Waals surface area contributed by atoms with E-state index in [-0.39, 0.29) is 12.3 Å². The Morgan fingerprint density at radius 1 is 1.09 bits per heavy atom. The molecule has 2 aromatic carbocycles. The third-order valence-corrected chi connectivity index (χ3v) is 5.57. The number of non-ortho nitro benzene ring substituents is 1. The zero-order chi connectivity index (χ0) is 22.7. The molecule has 0 saturated carbocycles. The van der Waals surface area contributed by atoms with Gasteiger partial charge in [-0.25, -0.2) is 4.79 Å². The predicted octanol–water partition coefficient (Wildman–Crippen LogP) is 3.65. The molecule has 1 aromatic heterocycles. The maximum absolute atomic E-state index is 12.7. The maximum Gasteiger partial charge on any atom is 0.341 e. The van der Waals surface area contributed by atoms with Crippen LogP contribution < -0.4 is 14.5 Å². The Labute approximate surface area is 185 Å². The summed E-state index contributed by atoms with van der Waals surface area (Å²) >= 11 is 0. The van der Waals surface area contributed by atoms with Crippen LogP contribution in [0.15, 0.2) is 48.7 Å². The molecule has 3 aromatic rings. The molecule has 9 nitrogen and oxygen atoms in total. The average molecular weight is 436 g/mol. The lowest BCUT2D eigenvalue weighted by atomic mass is 10.1. The molecule has 0 aliphatic carbocycles. The number of hydrogen-bond donors (Lipinski definition) is 0. The number of ether oxygens (including phenoxy) is 2. The Hall–Kier alpha value is -3.88. The van der Waals surface area contributed by atoms with Gasteiger partial charge in [-0.1, -0.05) is 12.1 Å². The van der Waals surface area contributed by atoms with Crippen LogP contribution in [0.3, 0.4) is 0 Å². The lowest BCUT2D eigenvalue weighted by Crippen LogP contribution is -2.47. The fraction of sp³-hybridized carbons (Fsp3) is 0.304. The van der Waals surface area contributed by atoms with Gasteiger partial charge in [-0.05, 0) is 25.1 Å². The van der Waals surface area contributed by atoms with Crippen LogP contribution in [-0.2, 0) is 4.74 Å². The number of nitro groups is 1. The van der Waals surface area contributed by atoms with E-state index in [1.54, 1.807) is 32.4 Å². The van der Waals surface area contributed by atoms with Crippen molar-refractivity contribution in [3.05, 3.63) is 64.3 Å². The predicted molar refractivity (Wildman–Crippen MR) is 122 cm³/mol. The highest BCUT2D eigenvalue weighted by atomic mass is 16.6. The molecule has 0 unspecified atom stereocenters. The first-order valence-electron chi connectivity index (χ1n) is 10.4. The minimum atomic E-state index is -0.405. The molecule has 0 spiro atoms. The number of nitro benzene ring substituents is 1. The van der Waals surface area contributed by atoms with Crippen molar-refractivity contribution in [2.45, 2.75) is 6.92 Å². The largest absolute Gasteiger partial charge is 0.494 e. The molecule has 0 radical (unpaired) electrons. The SMILES string of the molecule is CCOC(=O)c1cnc2c(OC)cccc2c1N1CCN(c2ccc([N+](=O)[O-])cc2)CC1. The Morgan fingerprint density at radius 2 is 1.78 bits per heavy atom. The summed E-state index contributed by atoms with van der Waals surface area (Å²) < 4.78 is 10.7. The molecule has 1 saturated heterocycles. The van der Waals surface area contributed by atoms with Gasteiger partial charge >= 0.3 is 5.97 Å². The first-order chi connectivity index (χ1) is 15.5. The average Bonchev–Trinajstić information content (AvgIpc) is 2.83.